The molecule has 0 amide bonds. The maximum Gasteiger partial charge on any atom is 0.195 e. The van der Waals surface area contributed by atoms with E-state index in [2.05, 4.69) is 16.0 Å². The van der Waals surface area contributed by atoms with Gasteiger partial charge in [-0.1, -0.05) is 18.2 Å². The molecule has 0 radical (unpaired) electrons. The van der Waals surface area contributed by atoms with Crippen LogP contribution in [0.1, 0.15) is 5.56 Å². The Balaban J connectivity index is 0.00000441. The molecule has 0 saturated carbocycles. The van der Waals surface area contributed by atoms with Crippen LogP contribution in [-0.2, 0) is 6.54 Å². The van der Waals surface area contributed by atoms with Crippen LogP contribution >= 0.6 is 24.0 Å². The van der Waals surface area contributed by atoms with Crippen LogP contribution in [0.4, 0.5) is 0 Å². The van der Waals surface area contributed by atoms with E-state index < -0.39 is 0 Å². The lowest BCUT2D eigenvalue weighted by molar-refractivity contribution is 0.259. The molecule has 1 rings (SSSR count). The van der Waals surface area contributed by atoms with Gasteiger partial charge in [0.05, 0.1) is 6.54 Å². The number of aliphatic imine (C=N–C) groups is 1. The first-order valence-corrected chi connectivity index (χ1v) is 7.16. The van der Waals surface area contributed by atoms with Crippen LogP contribution in [0.2, 0.25) is 0 Å². The summed E-state index contributed by atoms with van der Waals surface area (Å²) in [4.78, 5) is 10.8. The van der Waals surface area contributed by atoms with Gasteiger partial charge in [-0.05, 0) is 20.2 Å². The lowest BCUT2D eigenvalue weighted by Crippen LogP contribution is -2.35. The molecule has 0 aliphatic heterocycles. The van der Waals surface area contributed by atoms with Crippen LogP contribution in [0.5, 0.6) is 5.75 Å². The van der Waals surface area contributed by atoms with Crippen LogP contribution in [0.3, 0.4) is 0 Å². The molecule has 0 atom stereocenters. The lowest BCUT2D eigenvalue weighted by atomic mass is 10.2. The molecule has 0 spiro atoms. The van der Waals surface area contributed by atoms with Gasteiger partial charge in [0.25, 0.3) is 0 Å². The molecule has 0 aliphatic rings. The van der Waals surface area contributed by atoms with Gasteiger partial charge in [0, 0.05) is 40.3 Å². The zero-order valence-electron chi connectivity index (χ0n) is 14.5. The first-order chi connectivity index (χ1) is 9.91. The highest BCUT2D eigenvalue weighted by Crippen LogP contribution is 2.19. The molecule has 0 aromatic heterocycles. The van der Waals surface area contributed by atoms with Crippen LogP contribution in [0.15, 0.2) is 29.3 Å². The number of guanidine groups is 1. The molecule has 0 aliphatic carbocycles. The van der Waals surface area contributed by atoms with Crippen molar-refractivity contribution in [2.24, 2.45) is 4.99 Å². The van der Waals surface area contributed by atoms with E-state index in [1.807, 2.05) is 70.3 Å². The first-order valence-electron chi connectivity index (χ1n) is 7.16. The van der Waals surface area contributed by atoms with E-state index in [0.717, 1.165) is 23.8 Å². The number of benzene rings is 1. The Morgan fingerprint density at radius 3 is 2.14 bits per heavy atom. The molecule has 0 N–H and O–H groups in total. The van der Waals surface area contributed by atoms with Gasteiger partial charge in [-0.15, -0.1) is 24.0 Å². The van der Waals surface area contributed by atoms with Crippen molar-refractivity contribution in [1.82, 2.24) is 14.7 Å². The standard InChI is InChI=1S/C16H28N4O.HI/c1-18(2)11-12-21-15-10-8-7-9-14(15)13-17-16(19(3)4)20(5)6;/h7-10H,11-13H2,1-6H3;1H. The zero-order valence-corrected chi connectivity index (χ0v) is 16.9. The third-order valence-electron chi connectivity index (χ3n) is 2.96. The van der Waals surface area contributed by atoms with Crippen molar-refractivity contribution < 1.29 is 4.74 Å². The number of nitrogens with zero attached hydrogens (tertiary/aromatic N) is 4. The van der Waals surface area contributed by atoms with E-state index >= 15 is 0 Å². The van der Waals surface area contributed by atoms with Gasteiger partial charge in [-0.3, -0.25) is 0 Å². The van der Waals surface area contributed by atoms with Gasteiger partial charge in [-0.25, -0.2) is 4.99 Å². The van der Waals surface area contributed by atoms with Crippen LogP contribution < -0.4 is 4.74 Å². The number of rotatable bonds is 6. The number of hydrogen-bond donors (Lipinski definition) is 0. The second-order valence-electron chi connectivity index (χ2n) is 5.66. The van der Waals surface area contributed by atoms with Crippen LogP contribution in [0, 0.1) is 0 Å². The predicted molar refractivity (Wildman–Crippen MR) is 104 cm³/mol. The quantitative estimate of drug-likeness (QED) is 0.401. The first kappa shape index (κ1) is 21.0. The third-order valence-corrected chi connectivity index (χ3v) is 2.96. The second kappa shape index (κ2) is 10.7. The van der Waals surface area contributed by atoms with E-state index in [1.54, 1.807) is 0 Å². The van der Waals surface area contributed by atoms with Crippen molar-refractivity contribution in [2.45, 2.75) is 6.54 Å². The van der Waals surface area contributed by atoms with Gasteiger partial charge in [0.15, 0.2) is 5.96 Å². The van der Waals surface area contributed by atoms with E-state index in [4.69, 9.17) is 4.74 Å². The molecule has 126 valence electrons. The fourth-order valence-electron chi connectivity index (χ4n) is 1.95. The normalized spacial score (nSPS) is 9.95. The average Bonchev–Trinajstić information content (AvgIpc) is 2.39. The molecular formula is C16H29IN4O. The third kappa shape index (κ3) is 7.31. The number of para-hydroxylation sites is 1. The Bertz CT molecular complexity index is 451. The molecule has 0 bridgehead atoms. The topological polar surface area (TPSA) is 31.3 Å². The largest absolute Gasteiger partial charge is 0.492 e. The highest BCUT2D eigenvalue weighted by atomic mass is 127. The van der Waals surface area contributed by atoms with Gasteiger partial charge >= 0.3 is 0 Å². The fourth-order valence-corrected chi connectivity index (χ4v) is 1.95. The summed E-state index contributed by atoms with van der Waals surface area (Å²) < 4.78 is 5.86. The minimum Gasteiger partial charge on any atom is -0.492 e. The number of hydrogen-bond acceptors (Lipinski definition) is 3. The smallest absolute Gasteiger partial charge is 0.195 e. The molecule has 6 heteroatoms. The maximum absolute atomic E-state index is 5.86. The minimum atomic E-state index is 0. The van der Waals surface area contributed by atoms with E-state index in [0.29, 0.717) is 13.2 Å². The minimum absolute atomic E-state index is 0. The van der Waals surface area contributed by atoms with Gasteiger partial charge < -0.3 is 19.4 Å². The van der Waals surface area contributed by atoms with Crippen molar-refractivity contribution in [3.05, 3.63) is 29.8 Å². The number of halogens is 1. The van der Waals surface area contributed by atoms with E-state index in [-0.39, 0.29) is 24.0 Å². The Hall–Kier alpha value is -1.02. The monoisotopic (exact) mass is 420 g/mol. The SMILES string of the molecule is CN(C)CCOc1ccccc1CN=C(N(C)C)N(C)C.I. The van der Waals surface area contributed by atoms with Crippen molar-refractivity contribution in [3.8, 4) is 5.75 Å². The molecule has 5 nitrogen and oxygen atoms in total. The molecule has 1 aromatic rings. The molecular weight excluding hydrogens is 391 g/mol. The molecule has 0 saturated heterocycles. The molecule has 0 fully saturated rings. The van der Waals surface area contributed by atoms with Crippen LogP contribution in [-0.4, -0.2) is 76.1 Å². The fraction of sp³-hybridized carbons (Fsp3) is 0.562. The Kier molecular flexibility index (Phi) is 10.2. The Morgan fingerprint density at radius 2 is 1.59 bits per heavy atom. The average molecular weight is 420 g/mol. The second-order valence-corrected chi connectivity index (χ2v) is 5.66. The van der Waals surface area contributed by atoms with E-state index in [1.165, 1.54) is 0 Å². The summed E-state index contributed by atoms with van der Waals surface area (Å²) in [6.45, 7) is 2.20. The Morgan fingerprint density at radius 1 is 1.00 bits per heavy atom. The summed E-state index contributed by atoms with van der Waals surface area (Å²) in [5.74, 6) is 1.86. The summed E-state index contributed by atoms with van der Waals surface area (Å²) in [5, 5.41) is 0. The maximum atomic E-state index is 5.86. The summed E-state index contributed by atoms with van der Waals surface area (Å²) in [6, 6.07) is 8.09. The van der Waals surface area contributed by atoms with Crippen molar-refractivity contribution in [1.29, 1.82) is 0 Å². The van der Waals surface area contributed by atoms with Crippen molar-refractivity contribution in [2.75, 3.05) is 55.4 Å². The predicted octanol–water partition coefficient (Wildman–Crippen LogP) is 2.22. The Labute approximate surface area is 152 Å². The van der Waals surface area contributed by atoms with Crippen molar-refractivity contribution in [3.63, 3.8) is 0 Å². The number of ether oxygens (including phenoxy) is 1. The van der Waals surface area contributed by atoms with Gasteiger partial charge in [0.2, 0.25) is 0 Å². The summed E-state index contributed by atoms with van der Waals surface area (Å²) in [6.07, 6.45) is 0. The molecule has 0 heterocycles. The summed E-state index contributed by atoms with van der Waals surface area (Å²) in [5.41, 5.74) is 1.11. The summed E-state index contributed by atoms with van der Waals surface area (Å²) >= 11 is 0. The molecule has 1 aromatic carbocycles. The highest BCUT2D eigenvalue weighted by molar-refractivity contribution is 14.0. The zero-order chi connectivity index (χ0) is 15.8. The van der Waals surface area contributed by atoms with Gasteiger partial charge in [-0.2, -0.15) is 0 Å². The molecule has 0 unspecified atom stereocenters. The van der Waals surface area contributed by atoms with Crippen molar-refractivity contribution >= 4 is 29.9 Å². The lowest BCUT2D eigenvalue weighted by Gasteiger charge is -2.22. The summed E-state index contributed by atoms with van der Waals surface area (Å²) in [7, 11) is 12.1. The number of likely N-dealkylation sites (N-methyl/N-ethyl adjacent to an activating group) is 1. The van der Waals surface area contributed by atoms with Crippen LogP contribution in [0.25, 0.3) is 0 Å². The van der Waals surface area contributed by atoms with E-state index in [9.17, 15) is 0 Å². The van der Waals surface area contributed by atoms with Gasteiger partial charge in [0.1, 0.15) is 12.4 Å². The molecule has 22 heavy (non-hydrogen) atoms. The highest BCUT2D eigenvalue weighted by Gasteiger charge is 2.06.